The molecule has 0 fully saturated rings. The predicted octanol–water partition coefficient (Wildman–Crippen LogP) is 1.05. The molecule has 0 aromatic rings. The largest absolute Gasteiger partial charge is 0.369 e. The molecule has 1 unspecified atom stereocenters. The number of unbranched alkanes of at least 4 members (excludes halogenated alkanes) is 2. The van der Waals surface area contributed by atoms with Gasteiger partial charge in [0, 0.05) is 13.2 Å². The maximum Gasteiger partial charge on any atom is 0.248 e. The van der Waals surface area contributed by atoms with Crippen LogP contribution in [0.5, 0.6) is 0 Å². The minimum atomic E-state index is -0.363. The topological polar surface area (TPSA) is 64.3 Å². The Kier molecular flexibility index (Phi) is 9.52. The Morgan fingerprint density at radius 3 is 2.73 bits per heavy atom. The molecule has 4 nitrogen and oxygen atoms in total. The normalized spacial score (nSPS) is 12.5. The molecule has 0 radical (unpaired) electrons. The number of hydrogen-bond donors (Lipinski definition) is 2. The summed E-state index contributed by atoms with van der Waals surface area (Å²) >= 11 is 0. The van der Waals surface area contributed by atoms with Crippen LogP contribution in [-0.4, -0.2) is 31.7 Å². The zero-order valence-electron chi connectivity index (χ0n) is 9.92. The van der Waals surface area contributed by atoms with Gasteiger partial charge in [-0.2, -0.15) is 0 Å². The van der Waals surface area contributed by atoms with Crippen molar-refractivity contribution in [1.82, 2.24) is 5.32 Å². The summed E-state index contributed by atoms with van der Waals surface area (Å²) < 4.78 is 5.31. The van der Waals surface area contributed by atoms with E-state index in [-0.39, 0.29) is 12.0 Å². The summed E-state index contributed by atoms with van der Waals surface area (Å²) in [5, 5.41) is 2.85. The zero-order valence-corrected chi connectivity index (χ0v) is 9.92. The van der Waals surface area contributed by atoms with E-state index in [1.807, 2.05) is 0 Å². The summed E-state index contributed by atoms with van der Waals surface area (Å²) in [5.74, 6) is -0.0249. The first-order valence-corrected chi connectivity index (χ1v) is 5.81. The van der Waals surface area contributed by atoms with Gasteiger partial charge in [0.1, 0.15) is 6.10 Å². The monoisotopic (exact) mass is 216 g/mol. The number of nitrogens with one attached hydrogen (secondary N) is 1. The molecule has 1 atom stereocenters. The van der Waals surface area contributed by atoms with Crippen molar-refractivity contribution in [3.8, 4) is 0 Å². The Balaban J connectivity index is 3.42. The smallest absolute Gasteiger partial charge is 0.248 e. The lowest BCUT2D eigenvalue weighted by atomic mass is 10.2. The molecule has 0 spiro atoms. The van der Waals surface area contributed by atoms with Crippen LogP contribution in [0.15, 0.2) is 0 Å². The Morgan fingerprint density at radius 1 is 1.40 bits per heavy atom. The molecule has 0 rings (SSSR count). The second-order valence-corrected chi connectivity index (χ2v) is 3.65. The fraction of sp³-hybridized carbons (Fsp3) is 0.909. The molecule has 0 heterocycles. The highest BCUT2D eigenvalue weighted by molar-refractivity contribution is 5.80. The first-order chi connectivity index (χ1) is 7.22. The SMILES string of the molecule is CCCCCNC(=O)C(C)OCCCN. The third-order valence-electron chi connectivity index (χ3n) is 2.17. The second kappa shape index (κ2) is 9.93. The highest BCUT2D eigenvalue weighted by Crippen LogP contribution is 1.94. The highest BCUT2D eigenvalue weighted by Gasteiger charge is 2.11. The number of carbonyl (C=O) groups is 1. The van der Waals surface area contributed by atoms with Crippen molar-refractivity contribution in [2.75, 3.05) is 19.7 Å². The van der Waals surface area contributed by atoms with Gasteiger partial charge in [-0.1, -0.05) is 19.8 Å². The van der Waals surface area contributed by atoms with Crippen LogP contribution in [0, 0.1) is 0 Å². The van der Waals surface area contributed by atoms with Gasteiger partial charge in [0.2, 0.25) is 5.91 Å². The third-order valence-corrected chi connectivity index (χ3v) is 2.17. The van der Waals surface area contributed by atoms with Gasteiger partial charge >= 0.3 is 0 Å². The summed E-state index contributed by atoms with van der Waals surface area (Å²) in [7, 11) is 0. The molecule has 1 amide bonds. The Labute approximate surface area is 92.6 Å². The van der Waals surface area contributed by atoms with E-state index >= 15 is 0 Å². The van der Waals surface area contributed by atoms with Crippen LogP contribution in [0.4, 0.5) is 0 Å². The van der Waals surface area contributed by atoms with Gasteiger partial charge in [-0.15, -0.1) is 0 Å². The second-order valence-electron chi connectivity index (χ2n) is 3.65. The average Bonchev–Trinajstić information content (AvgIpc) is 2.24. The van der Waals surface area contributed by atoms with Crippen LogP contribution >= 0.6 is 0 Å². The molecule has 4 heteroatoms. The number of ether oxygens (including phenoxy) is 1. The molecule has 90 valence electrons. The Hall–Kier alpha value is -0.610. The molecule has 0 aromatic carbocycles. The minimum absolute atomic E-state index is 0.0249. The summed E-state index contributed by atoms with van der Waals surface area (Å²) in [5.41, 5.74) is 5.32. The quantitative estimate of drug-likeness (QED) is 0.566. The lowest BCUT2D eigenvalue weighted by molar-refractivity contribution is -0.131. The third kappa shape index (κ3) is 8.39. The molecule has 0 aliphatic rings. The van der Waals surface area contributed by atoms with E-state index in [1.54, 1.807) is 6.92 Å². The van der Waals surface area contributed by atoms with E-state index in [0.717, 1.165) is 25.8 Å². The molecule has 15 heavy (non-hydrogen) atoms. The van der Waals surface area contributed by atoms with Gasteiger partial charge in [-0.05, 0) is 26.3 Å². The van der Waals surface area contributed by atoms with E-state index in [4.69, 9.17) is 10.5 Å². The first kappa shape index (κ1) is 14.4. The van der Waals surface area contributed by atoms with Gasteiger partial charge in [0.15, 0.2) is 0 Å². The fourth-order valence-electron chi connectivity index (χ4n) is 1.15. The standard InChI is InChI=1S/C11H24N2O2/c1-3-4-5-8-13-11(14)10(2)15-9-6-7-12/h10H,3-9,12H2,1-2H3,(H,13,14). The molecule has 0 aliphatic carbocycles. The van der Waals surface area contributed by atoms with Crippen molar-refractivity contribution in [3.05, 3.63) is 0 Å². The fourth-order valence-corrected chi connectivity index (χ4v) is 1.15. The van der Waals surface area contributed by atoms with E-state index in [1.165, 1.54) is 6.42 Å². The van der Waals surface area contributed by atoms with Gasteiger partial charge in [0.05, 0.1) is 0 Å². The maximum atomic E-state index is 11.4. The van der Waals surface area contributed by atoms with Gasteiger partial charge < -0.3 is 15.8 Å². The molecule has 0 aliphatic heterocycles. The van der Waals surface area contributed by atoms with Gasteiger partial charge in [-0.3, -0.25) is 4.79 Å². The van der Waals surface area contributed by atoms with E-state index in [9.17, 15) is 4.79 Å². The molecule has 0 bridgehead atoms. The molecule has 0 saturated heterocycles. The van der Waals surface area contributed by atoms with E-state index in [2.05, 4.69) is 12.2 Å². The van der Waals surface area contributed by atoms with Crippen LogP contribution in [0.1, 0.15) is 39.5 Å². The lowest BCUT2D eigenvalue weighted by Crippen LogP contribution is -2.35. The van der Waals surface area contributed by atoms with Crippen molar-refractivity contribution >= 4 is 5.91 Å². The van der Waals surface area contributed by atoms with Crippen LogP contribution < -0.4 is 11.1 Å². The Bertz CT molecular complexity index is 163. The van der Waals surface area contributed by atoms with Crippen molar-refractivity contribution < 1.29 is 9.53 Å². The van der Waals surface area contributed by atoms with Gasteiger partial charge in [0.25, 0.3) is 0 Å². The maximum absolute atomic E-state index is 11.4. The number of nitrogens with two attached hydrogens (primary N) is 1. The van der Waals surface area contributed by atoms with Crippen LogP contribution in [0.25, 0.3) is 0 Å². The van der Waals surface area contributed by atoms with Crippen LogP contribution in [0.3, 0.4) is 0 Å². The predicted molar refractivity (Wildman–Crippen MR) is 61.6 cm³/mol. The molecular weight excluding hydrogens is 192 g/mol. The molecule has 0 saturated carbocycles. The van der Waals surface area contributed by atoms with Gasteiger partial charge in [-0.25, -0.2) is 0 Å². The highest BCUT2D eigenvalue weighted by atomic mass is 16.5. The minimum Gasteiger partial charge on any atom is -0.369 e. The number of amides is 1. The summed E-state index contributed by atoms with van der Waals surface area (Å²) in [6, 6.07) is 0. The van der Waals surface area contributed by atoms with E-state index in [0.29, 0.717) is 13.2 Å². The summed E-state index contributed by atoms with van der Waals surface area (Å²) in [4.78, 5) is 11.4. The number of carbonyl (C=O) groups excluding carboxylic acids is 1. The van der Waals surface area contributed by atoms with Crippen molar-refractivity contribution in [2.45, 2.75) is 45.6 Å². The average molecular weight is 216 g/mol. The van der Waals surface area contributed by atoms with Crippen LogP contribution in [-0.2, 0) is 9.53 Å². The van der Waals surface area contributed by atoms with E-state index < -0.39 is 0 Å². The van der Waals surface area contributed by atoms with Crippen LogP contribution in [0.2, 0.25) is 0 Å². The first-order valence-electron chi connectivity index (χ1n) is 5.81. The summed E-state index contributed by atoms with van der Waals surface area (Å²) in [6.07, 6.45) is 3.80. The van der Waals surface area contributed by atoms with Crippen molar-refractivity contribution in [3.63, 3.8) is 0 Å². The zero-order chi connectivity index (χ0) is 11.5. The van der Waals surface area contributed by atoms with Crippen molar-refractivity contribution in [2.24, 2.45) is 5.73 Å². The molecular formula is C11H24N2O2. The lowest BCUT2D eigenvalue weighted by Gasteiger charge is -2.12. The number of hydrogen-bond acceptors (Lipinski definition) is 3. The number of rotatable bonds is 9. The molecule has 3 N–H and O–H groups in total. The summed E-state index contributed by atoms with van der Waals surface area (Å²) in [6.45, 7) is 5.81. The molecule has 0 aromatic heterocycles. The van der Waals surface area contributed by atoms with Crippen molar-refractivity contribution in [1.29, 1.82) is 0 Å². The Morgan fingerprint density at radius 2 is 2.13 bits per heavy atom.